The first-order valence-electron chi connectivity index (χ1n) is 3.31. The van der Waals surface area contributed by atoms with Crippen molar-refractivity contribution in [2.45, 2.75) is 19.2 Å². The summed E-state index contributed by atoms with van der Waals surface area (Å²) in [7, 11) is 0. The summed E-state index contributed by atoms with van der Waals surface area (Å²) in [5.41, 5.74) is 0.538. The van der Waals surface area contributed by atoms with Gasteiger partial charge >= 0.3 is 0 Å². The number of H-pyrrole nitrogens is 1. The summed E-state index contributed by atoms with van der Waals surface area (Å²) in [6.45, 7) is 3.53. The molecule has 0 aliphatic carbocycles. The van der Waals surface area contributed by atoms with E-state index in [2.05, 4.69) is 9.97 Å². The average Bonchev–Trinajstić information content (AvgIpc) is 1.85. The molecule has 4 heteroatoms. The molecular weight excluding hydrogens is 164 g/mol. The highest BCUT2D eigenvalue weighted by atomic mass is 35.5. The van der Waals surface area contributed by atoms with Crippen LogP contribution in [0.1, 0.15) is 23.8 Å². The van der Waals surface area contributed by atoms with E-state index in [1.165, 1.54) is 6.07 Å². The molecule has 0 bridgehead atoms. The van der Waals surface area contributed by atoms with Crippen LogP contribution in [0.25, 0.3) is 0 Å². The van der Waals surface area contributed by atoms with Gasteiger partial charge in [-0.15, -0.1) is 11.6 Å². The SMILES string of the molecule is Cc1cc(=O)[nH]c([C@@H](C)Cl)n1. The minimum Gasteiger partial charge on any atom is -0.309 e. The van der Waals surface area contributed by atoms with Crippen LogP contribution in [-0.4, -0.2) is 9.97 Å². The van der Waals surface area contributed by atoms with E-state index in [-0.39, 0.29) is 10.9 Å². The molecule has 1 aromatic heterocycles. The number of aromatic nitrogens is 2. The normalized spacial score (nSPS) is 13.0. The Labute approximate surface area is 69.4 Å². The predicted molar refractivity (Wildman–Crippen MR) is 43.9 cm³/mol. The first-order valence-corrected chi connectivity index (χ1v) is 3.75. The first-order chi connectivity index (χ1) is 5.09. The molecule has 0 amide bonds. The summed E-state index contributed by atoms with van der Waals surface area (Å²) in [5.74, 6) is 0.525. The summed E-state index contributed by atoms with van der Waals surface area (Å²) in [4.78, 5) is 17.5. The van der Waals surface area contributed by atoms with E-state index in [9.17, 15) is 4.79 Å². The predicted octanol–water partition coefficient (Wildman–Crippen LogP) is 1.38. The van der Waals surface area contributed by atoms with Crippen molar-refractivity contribution in [1.29, 1.82) is 0 Å². The van der Waals surface area contributed by atoms with Gasteiger partial charge in [-0.25, -0.2) is 4.98 Å². The third-order valence-electron chi connectivity index (χ3n) is 1.26. The van der Waals surface area contributed by atoms with Crippen molar-refractivity contribution < 1.29 is 0 Å². The Morgan fingerprint density at radius 2 is 2.36 bits per heavy atom. The standard InChI is InChI=1S/C7H9ClN2O/c1-4-3-6(11)10-7(9-4)5(2)8/h3,5H,1-2H3,(H,9,10,11)/t5-/m1/s1. The smallest absolute Gasteiger partial charge is 0.251 e. The van der Waals surface area contributed by atoms with Crippen molar-refractivity contribution in [2.24, 2.45) is 0 Å². The molecule has 1 heterocycles. The maximum absolute atomic E-state index is 10.9. The zero-order valence-electron chi connectivity index (χ0n) is 6.39. The summed E-state index contributed by atoms with van der Waals surface area (Å²) >= 11 is 5.71. The van der Waals surface area contributed by atoms with E-state index >= 15 is 0 Å². The van der Waals surface area contributed by atoms with Crippen LogP contribution in [0.15, 0.2) is 10.9 Å². The number of nitrogens with zero attached hydrogens (tertiary/aromatic N) is 1. The van der Waals surface area contributed by atoms with Gasteiger partial charge in [0, 0.05) is 11.8 Å². The number of rotatable bonds is 1. The van der Waals surface area contributed by atoms with E-state index in [0.717, 1.165) is 0 Å². The molecule has 1 aromatic rings. The van der Waals surface area contributed by atoms with Crippen molar-refractivity contribution in [2.75, 3.05) is 0 Å². The third-order valence-corrected chi connectivity index (χ3v) is 1.47. The zero-order valence-corrected chi connectivity index (χ0v) is 7.14. The van der Waals surface area contributed by atoms with Gasteiger partial charge in [0.25, 0.3) is 5.56 Å². The maximum Gasteiger partial charge on any atom is 0.251 e. The van der Waals surface area contributed by atoms with Crippen LogP contribution in [0.5, 0.6) is 0 Å². The lowest BCUT2D eigenvalue weighted by molar-refractivity contribution is 0.875. The van der Waals surface area contributed by atoms with E-state index in [1.807, 2.05) is 0 Å². The van der Waals surface area contributed by atoms with E-state index in [1.54, 1.807) is 13.8 Å². The number of hydrogen-bond donors (Lipinski definition) is 1. The molecule has 0 aliphatic heterocycles. The van der Waals surface area contributed by atoms with Crippen LogP contribution in [-0.2, 0) is 0 Å². The van der Waals surface area contributed by atoms with Gasteiger partial charge in [-0.3, -0.25) is 4.79 Å². The highest BCUT2D eigenvalue weighted by Crippen LogP contribution is 2.12. The number of aryl methyl sites for hydroxylation is 1. The number of hydrogen-bond acceptors (Lipinski definition) is 2. The highest BCUT2D eigenvalue weighted by molar-refractivity contribution is 6.20. The van der Waals surface area contributed by atoms with Crippen LogP contribution in [0.3, 0.4) is 0 Å². The van der Waals surface area contributed by atoms with Gasteiger partial charge in [0.15, 0.2) is 0 Å². The third kappa shape index (κ3) is 2.05. The molecule has 1 rings (SSSR count). The minimum atomic E-state index is -0.248. The molecule has 0 saturated carbocycles. The Balaban J connectivity index is 3.19. The summed E-state index contributed by atoms with van der Waals surface area (Å²) < 4.78 is 0. The molecule has 1 N–H and O–H groups in total. The summed E-state index contributed by atoms with van der Waals surface area (Å²) in [6, 6.07) is 1.43. The second-order valence-electron chi connectivity index (χ2n) is 2.39. The molecular formula is C7H9ClN2O. The van der Waals surface area contributed by atoms with E-state index < -0.39 is 0 Å². The van der Waals surface area contributed by atoms with Crippen molar-refractivity contribution >= 4 is 11.6 Å². The average molecular weight is 173 g/mol. The fraction of sp³-hybridized carbons (Fsp3) is 0.429. The Morgan fingerprint density at radius 1 is 1.73 bits per heavy atom. The van der Waals surface area contributed by atoms with Crippen molar-refractivity contribution in [3.05, 3.63) is 27.9 Å². The molecule has 0 aromatic carbocycles. The fourth-order valence-electron chi connectivity index (χ4n) is 0.791. The van der Waals surface area contributed by atoms with Gasteiger partial charge in [0.05, 0.1) is 5.38 Å². The van der Waals surface area contributed by atoms with Crippen molar-refractivity contribution in [1.82, 2.24) is 9.97 Å². The number of nitrogens with one attached hydrogen (secondary N) is 1. The van der Waals surface area contributed by atoms with Crippen LogP contribution >= 0.6 is 11.6 Å². The van der Waals surface area contributed by atoms with Crippen LogP contribution in [0.4, 0.5) is 0 Å². The summed E-state index contributed by atoms with van der Waals surface area (Å²) in [6.07, 6.45) is 0. The van der Waals surface area contributed by atoms with Gasteiger partial charge in [-0.1, -0.05) is 0 Å². The minimum absolute atomic E-state index is 0.153. The number of halogens is 1. The molecule has 0 saturated heterocycles. The maximum atomic E-state index is 10.9. The first kappa shape index (κ1) is 8.27. The zero-order chi connectivity index (χ0) is 8.43. The molecule has 0 radical (unpaired) electrons. The molecule has 1 atom stereocenters. The van der Waals surface area contributed by atoms with Crippen molar-refractivity contribution in [3.8, 4) is 0 Å². The number of aromatic amines is 1. The van der Waals surface area contributed by atoms with Crippen LogP contribution in [0, 0.1) is 6.92 Å². The topological polar surface area (TPSA) is 45.8 Å². The van der Waals surface area contributed by atoms with Gasteiger partial charge in [0.2, 0.25) is 0 Å². The van der Waals surface area contributed by atoms with Gasteiger partial charge in [0.1, 0.15) is 5.82 Å². The quantitative estimate of drug-likeness (QED) is 0.651. The molecule has 3 nitrogen and oxygen atoms in total. The van der Waals surface area contributed by atoms with Gasteiger partial charge < -0.3 is 4.98 Å². The fourth-order valence-corrected chi connectivity index (χ4v) is 0.894. The molecule has 0 fully saturated rings. The Hall–Kier alpha value is -0.830. The second kappa shape index (κ2) is 3.05. The number of alkyl halides is 1. The van der Waals surface area contributed by atoms with E-state index in [4.69, 9.17) is 11.6 Å². The van der Waals surface area contributed by atoms with Gasteiger partial charge in [-0.2, -0.15) is 0 Å². The molecule has 0 spiro atoms. The molecule has 0 aliphatic rings. The highest BCUT2D eigenvalue weighted by Gasteiger charge is 2.03. The van der Waals surface area contributed by atoms with Crippen LogP contribution in [0.2, 0.25) is 0 Å². The molecule has 0 unspecified atom stereocenters. The lowest BCUT2D eigenvalue weighted by Crippen LogP contribution is -2.11. The van der Waals surface area contributed by atoms with Crippen molar-refractivity contribution in [3.63, 3.8) is 0 Å². The molecule has 60 valence electrons. The lowest BCUT2D eigenvalue weighted by Gasteiger charge is -2.01. The van der Waals surface area contributed by atoms with E-state index in [0.29, 0.717) is 11.5 Å². The Morgan fingerprint density at radius 3 is 2.82 bits per heavy atom. The lowest BCUT2D eigenvalue weighted by atomic mass is 10.4. The van der Waals surface area contributed by atoms with Crippen LogP contribution < -0.4 is 5.56 Å². The summed E-state index contributed by atoms with van der Waals surface area (Å²) in [5, 5.41) is -0.248. The van der Waals surface area contributed by atoms with Gasteiger partial charge in [-0.05, 0) is 13.8 Å². The Bertz CT molecular complexity index is 306. The second-order valence-corrected chi connectivity index (χ2v) is 3.04. The monoisotopic (exact) mass is 172 g/mol. The Kier molecular flexibility index (Phi) is 2.29. The largest absolute Gasteiger partial charge is 0.309 e. The molecule has 11 heavy (non-hydrogen) atoms.